The molecule has 0 aliphatic carbocycles. The Morgan fingerprint density at radius 3 is 1.48 bits per heavy atom. The van der Waals surface area contributed by atoms with Crippen molar-refractivity contribution in [3.05, 3.63) is 18.2 Å². The van der Waals surface area contributed by atoms with E-state index < -0.39 is 0 Å². The highest BCUT2D eigenvalue weighted by molar-refractivity contribution is 4.92. The van der Waals surface area contributed by atoms with E-state index in [9.17, 15) is 0 Å². The summed E-state index contributed by atoms with van der Waals surface area (Å²) in [5.74, 6) is 2.13. The Morgan fingerprint density at radius 1 is 0.606 bits per heavy atom. The lowest BCUT2D eigenvalue weighted by Crippen LogP contribution is -2.38. The van der Waals surface area contributed by atoms with E-state index in [2.05, 4.69) is 56.1 Å². The highest BCUT2D eigenvalue weighted by atomic mass is 15.2. The smallest absolute Gasteiger partial charge is 0.234 e. The molecular weight excluding hydrogens is 400 g/mol. The first-order valence-electron chi connectivity index (χ1n) is 15.2. The monoisotopic (exact) mass is 461 g/mol. The van der Waals surface area contributed by atoms with Crippen molar-refractivity contribution in [3.8, 4) is 0 Å². The van der Waals surface area contributed by atoms with Crippen LogP contribution in [0.25, 0.3) is 0 Å². The fraction of sp³-hybridized carbons (Fsp3) is 0.903. The maximum Gasteiger partial charge on any atom is 0.259 e. The minimum Gasteiger partial charge on any atom is -0.234 e. The molecule has 1 heterocycles. The number of aryl methyl sites for hydroxylation is 1. The second-order valence-corrected chi connectivity index (χ2v) is 11.1. The van der Waals surface area contributed by atoms with Gasteiger partial charge < -0.3 is 0 Å². The van der Waals surface area contributed by atoms with Crippen molar-refractivity contribution in [2.24, 2.45) is 0 Å². The third-order valence-corrected chi connectivity index (χ3v) is 7.44. The number of unbranched alkanes of at least 4 members (excludes halogenated alkanes) is 17. The SMILES string of the molecule is CCCCCCCCCCCCC(C)n1cc[n+](CCCCCCCCCCC)c1C(C)C. The zero-order chi connectivity index (χ0) is 24.2. The van der Waals surface area contributed by atoms with Crippen LogP contribution >= 0.6 is 0 Å². The van der Waals surface area contributed by atoms with E-state index in [1.165, 1.54) is 141 Å². The molecule has 0 aromatic carbocycles. The molecule has 0 saturated heterocycles. The summed E-state index contributed by atoms with van der Waals surface area (Å²) in [5.41, 5.74) is 0. The molecule has 1 rings (SSSR count). The highest BCUT2D eigenvalue weighted by Crippen LogP contribution is 2.22. The number of rotatable bonds is 23. The average molecular weight is 462 g/mol. The number of aromatic nitrogens is 2. The van der Waals surface area contributed by atoms with Gasteiger partial charge in [-0.25, -0.2) is 9.13 Å². The van der Waals surface area contributed by atoms with Crippen LogP contribution in [0.4, 0.5) is 0 Å². The molecule has 0 N–H and O–H groups in total. The van der Waals surface area contributed by atoms with E-state index in [1.807, 2.05) is 0 Å². The van der Waals surface area contributed by atoms with E-state index in [0.29, 0.717) is 12.0 Å². The summed E-state index contributed by atoms with van der Waals surface area (Å²) in [6.45, 7) is 13.0. The van der Waals surface area contributed by atoms with E-state index in [-0.39, 0.29) is 0 Å². The van der Waals surface area contributed by atoms with Gasteiger partial charge in [0.1, 0.15) is 12.4 Å². The molecule has 1 atom stereocenters. The minimum absolute atomic E-state index is 0.591. The van der Waals surface area contributed by atoms with Gasteiger partial charge in [0.05, 0.1) is 18.5 Å². The van der Waals surface area contributed by atoms with Crippen LogP contribution in [0, 0.1) is 0 Å². The summed E-state index contributed by atoms with van der Waals surface area (Å²) in [6.07, 6.45) is 33.0. The second-order valence-electron chi connectivity index (χ2n) is 11.1. The lowest BCUT2D eigenvalue weighted by atomic mass is 10.0. The van der Waals surface area contributed by atoms with Crippen LogP contribution in [0.3, 0.4) is 0 Å². The van der Waals surface area contributed by atoms with Gasteiger partial charge in [-0.3, -0.25) is 0 Å². The molecule has 1 aromatic heterocycles. The van der Waals surface area contributed by atoms with Crippen molar-refractivity contribution >= 4 is 0 Å². The van der Waals surface area contributed by atoms with Crippen molar-refractivity contribution in [1.82, 2.24) is 4.57 Å². The topological polar surface area (TPSA) is 8.81 Å². The Bertz CT molecular complexity index is 545. The summed E-state index contributed by atoms with van der Waals surface area (Å²) in [4.78, 5) is 0. The van der Waals surface area contributed by atoms with Gasteiger partial charge in [-0.1, -0.05) is 130 Å². The van der Waals surface area contributed by atoms with Crippen molar-refractivity contribution in [2.45, 2.75) is 182 Å². The molecule has 0 aliphatic heterocycles. The van der Waals surface area contributed by atoms with Crippen molar-refractivity contribution in [2.75, 3.05) is 0 Å². The molecule has 1 aromatic rings. The van der Waals surface area contributed by atoms with Crippen molar-refractivity contribution in [1.29, 1.82) is 0 Å². The van der Waals surface area contributed by atoms with Gasteiger partial charge in [-0.2, -0.15) is 0 Å². The molecule has 2 nitrogen and oxygen atoms in total. The predicted molar refractivity (Wildman–Crippen MR) is 147 cm³/mol. The van der Waals surface area contributed by atoms with Gasteiger partial charge in [0, 0.05) is 0 Å². The fourth-order valence-corrected chi connectivity index (χ4v) is 5.30. The predicted octanol–water partition coefficient (Wildman–Crippen LogP) is 10.3. The Morgan fingerprint density at radius 2 is 1.03 bits per heavy atom. The van der Waals surface area contributed by atoms with Gasteiger partial charge in [-0.15, -0.1) is 0 Å². The maximum absolute atomic E-state index is 2.59. The molecule has 0 aliphatic rings. The lowest BCUT2D eigenvalue weighted by Gasteiger charge is -2.14. The van der Waals surface area contributed by atoms with Gasteiger partial charge in [-0.05, 0) is 32.6 Å². The summed E-state index contributed by atoms with van der Waals surface area (Å²) in [6, 6.07) is 0.626. The van der Waals surface area contributed by atoms with Crippen LogP contribution in [0.2, 0.25) is 0 Å². The van der Waals surface area contributed by atoms with E-state index in [4.69, 9.17) is 0 Å². The summed E-state index contributed by atoms with van der Waals surface area (Å²) < 4.78 is 5.15. The number of hydrogen-bond acceptors (Lipinski definition) is 0. The van der Waals surface area contributed by atoms with Crippen molar-refractivity contribution in [3.63, 3.8) is 0 Å². The van der Waals surface area contributed by atoms with E-state index >= 15 is 0 Å². The first-order chi connectivity index (χ1) is 16.1. The van der Waals surface area contributed by atoms with Crippen LogP contribution in [0.5, 0.6) is 0 Å². The molecule has 0 spiro atoms. The van der Waals surface area contributed by atoms with Crippen LogP contribution < -0.4 is 4.57 Å². The average Bonchev–Trinajstić information content (AvgIpc) is 3.23. The number of nitrogens with zero attached hydrogens (tertiary/aromatic N) is 2. The molecule has 194 valence electrons. The fourth-order valence-electron chi connectivity index (χ4n) is 5.30. The first-order valence-corrected chi connectivity index (χ1v) is 15.2. The summed E-state index contributed by atoms with van der Waals surface area (Å²) >= 11 is 0. The van der Waals surface area contributed by atoms with Gasteiger partial charge in [0.15, 0.2) is 0 Å². The largest absolute Gasteiger partial charge is 0.259 e. The molecular formula is C31H61N2+. The minimum atomic E-state index is 0.591. The van der Waals surface area contributed by atoms with Crippen LogP contribution in [0.15, 0.2) is 12.4 Å². The third kappa shape index (κ3) is 14.3. The first kappa shape index (κ1) is 30.2. The maximum atomic E-state index is 2.59. The Balaban J connectivity index is 2.24. The number of hydrogen-bond donors (Lipinski definition) is 0. The summed E-state index contributed by atoms with van der Waals surface area (Å²) in [7, 11) is 0. The molecule has 0 radical (unpaired) electrons. The number of imidazole rings is 1. The van der Waals surface area contributed by atoms with E-state index in [0.717, 1.165) is 0 Å². The molecule has 0 bridgehead atoms. The lowest BCUT2D eigenvalue weighted by molar-refractivity contribution is -0.705. The molecule has 0 saturated carbocycles. The molecule has 2 heteroatoms. The Kier molecular flexibility index (Phi) is 18.9. The van der Waals surface area contributed by atoms with Gasteiger partial charge >= 0.3 is 0 Å². The quantitative estimate of drug-likeness (QED) is 0.113. The van der Waals surface area contributed by atoms with Gasteiger partial charge in [0.2, 0.25) is 0 Å². The molecule has 1 unspecified atom stereocenters. The van der Waals surface area contributed by atoms with Crippen LogP contribution in [-0.4, -0.2) is 4.57 Å². The third-order valence-electron chi connectivity index (χ3n) is 7.44. The Hall–Kier alpha value is -0.790. The zero-order valence-electron chi connectivity index (χ0n) is 23.6. The van der Waals surface area contributed by atoms with E-state index in [1.54, 1.807) is 0 Å². The summed E-state index contributed by atoms with van der Waals surface area (Å²) in [5, 5.41) is 0. The normalized spacial score (nSPS) is 12.7. The van der Waals surface area contributed by atoms with Crippen LogP contribution in [-0.2, 0) is 6.54 Å². The standard InChI is InChI=1S/C31H61N2/c1-6-8-10-12-14-16-17-19-21-23-25-30(5)33-28-27-32(31(33)29(3)4)26-24-22-20-18-15-13-11-9-7-2/h27-30H,6-26H2,1-5H3/q+1. The Labute approximate surface area is 208 Å². The van der Waals surface area contributed by atoms with Crippen molar-refractivity contribution < 1.29 is 4.57 Å². The molecule has 0 fully saturated rings. The second kappa shape index (κ2) is 20.6. The molecule has 33 heavy (non-hydrogen) atoms. The highest BCUT2D eigenvalue weighted by Gasteiger charge is 2.23. The van der Waals surface area contributed by atoms with Crippen LogP contribution in [0.1, 0.15) is 181 Å². The zero-order valence-corrected chi connectivity index (χ0v) is 23.6. The van der Waals surface area contributed by atoms with Gasteiger partial charge in [0.25, 0.3) is 5.82 Å². The molecule has 0 amide bonds.